The van der Waals surface area contributed by atoms with Gasteiger partial charge < -0.3 is 5.32 Å². The van der Waals surface area contributed by atoms with E-state index in [1.54, 1.807) is 0 Å². The summed E-state index contributed by atoms with van der Waals surface area (Å²) in [5, 5.41) is 12.9. The Bertz CT molecular complexity index is 455. The SMILES string of the molecule is O=[N+]([O-])c1ccccc1NC1(C(F)(F)F)CC1. The number of nitro benzene ring substituents is 1. The zero-order valence-electron chi connectivity index (χ0n) is 8.62. The van der Waals surface area contributed by atoms with E-state index in [0.29, 0.717) is 0 Å². The lowest BCUT2D eigenvalue weighted by Gasteiger charge is -2.21. The summed E-state index contributed by atoms with van der Waals surface area (Å²) in [6, 6.07) is 5.33. The second-order valence-corrected chi connectivity index (χ2v) is 3.98. The van der Waals surface area contributed by atoms with Crippen molar-refractivity contribution in [2.24, 2.45) is 0 Å². The van der Waals surface area contributed by atoms with Gasteiger partial charge in [0.25, 0.3) is 5.69 Å². The van der Waals surface area contributed by atoms with E-state index >= 15 is 0 Å². The average molecular weight is 246 g/mol. The van der Waals surface area contributed by atoms with Crippen molar-refractivity contribution in [2.45, 2.75) is 24.6 Å². The maximum absolute atomic E-state index is 12.7. The highest BCUT2D eigenvalue weighted by Gasteiger charge is 2.63. The zero-order valence-corrected chi connectivity index (χ0v) is 8.62. The monoisotopic (exact) mass is 246 g/mol. The number of anilines is 1. The molecule has 0 bridgehead atoms. The van der Waals surface area contributed by atoms with E-state index in [2.05, 4.69) is 5.32 Å². The summed E-state index contributed by atoms with van der Waals surface area (Å²) in [6.45, 7) is 0. The maximum atomic E-state index is 12.7. The number of rotatable bonds is 3. The number of hydrogen-bond acceptors (Lipinski definition) is 3. The summed E-state index contributed by atoms with van der Waals surface area (Å²) in [5.74, 6) is 0. The van der Waals surface area contributed by atoms with Gasteiger partial charge in [0.05, 0.1) is 4.92 Å². The molecular formula is C10H9F3N2O2. The van der Waals surface area contributed by atoms with Crippen LogP contribution in [-0.2, 0) is 0 Å². The molecule has 0 spiro atoms. The first kappa shape index (κ1) is 11.7. The Hall–Kier alpha value is -1.79. The highest BCUT2D eigenvalue weighted by Crippen LogP contribution is 2.51. The molecule has 0 aliphatic heterocycles. The summed E-state index contributed by atoms with van der Waals surface area (Å²) >= 11 is 0. The first-order valence-electron chi connectivity index (χ1n) is 4.94. The lowest BCUT2D eigenvalue weighted by Crippen LogP contribution is -2.38. The van der Waals surface area contributed by atoms with Crippen molar-refractivity contribution in [1.82, 2.24) is 0 Å². The molecule has 1 N–H and O–H groups in total. The molecule has 1 aliphatic carbocycles. The fourth-order valence-electron chi connectivity index (χ4n) is 1.60. The minimum Gasteiger partial charge on any atom is -0.366 e. The Morgan fingerprint density at radius 2 is 1.88 bits per heavy atom. The lowest BCUT2D eigenvalue weighted by atomic mass is 10.2. The van der Waals surface area contributed by atoms with Gasteiger partial charge in [0.1, 0.15) is 11.2 Å². The maximum Gasteiger partial charge on any atom is 0.411 e. The molecular weight excluding hydrogens is 237 g/mol. The number of halogens is 3. The van der Waals surface area contributed by atoms with Crippen LogP contribution in [0.2, 0.25) is 0 Å². The third-order valence-electron chi connectivity index (χ3n) is 2.77. The van der Waals surface area contributed by atoms with Crippen LogP contribution in [0.1, 0.15) is 12.8 Å². The predicted octanol–water partition coefficient (Wildman–Crippen LogP) is 3.10. The summed E-state index contributed by atoms with van der Waals surface area (Å²) in [5.41, 5.74) is -2.42. The standard InChI is InChI=1S/C10H9F3N2O2/c11-10(12,13)9(5-6-9)14-7-3-1-2-4-8(7)15(16)17/h1-4,14H,5-6H2. The fourth-order valence-corrected chi connectivity index (χ4v) is 1.60. The van der Waals surface area contributed by atoms with Crippen molar-refractivity contribution >= 4 is 11.4 Å². The molecule has 1 fully saturated rings. The normalized spacial score (nSPS) is 17.6. The topological polar surface area (TPSA) is 55.2 Å². The van der Waals surface area contributed by atoms with E-state index in [0.717, 1.165) is 0 Å². The molecule has 1 aliphatic rings. The first-order chi connectivity index (χ1) is 7.86. The van der Waals surface area contributed by atoms with Gasteiger partial charge in [-0.15, -0.1) is 0 Å². The van der Waals surface area contributed by atoms with Crippen LogP contribution in [0.4, 0.5) is 24.5 Å². The van der Waals surface area contributed by atoms with Gasteiger partial charge in [0.15, 0.2) is 0 Å². The number of benzene rings is 1. The predicted molar refractivity (Wildman–Crippen MR) is 54.7 cm³/mol. The average Bonchev–Trinajstić information content (AvgIpc) is 2.98. The Kier molecular flexibility index (Phi) is 2.48. The number of alkyl halides is 3. The molecule has 1 aromatic carbocycles. The highest BCUT2D eigenvalue weighted by atomic mass is 19.4. The largest absolute Gasteiger partial charge is 0.411 e. The Morgan fingerprint density at radius 3 is 2.35 bits per heavy atom. The number of para-hydroxylation sites is 2. The fraction of sp³-hybridized carbons (Fsp3) is 0.400. The van der Waals surface area contributed by atoms with Crippen LogP contribution in [0, 0.1) is 10.1 Å². The molecule has 2 rings (SSSR count). The second kappa shape index (κ2) is 3.61. The Balaban J connectivity index is 2.29. The molecule has 92 valence electrons. The van der Waals surface area contributed by atoms with Gasteiger partial charge >= 0.3 is 6.18 Å². The zero-order chi connectivity index (χ0) is 12.7. The van der Waals surface area contributed by atoms with Crippen molar-refractivity contribution in [3.05, 3.63) is 34.4 Å². The van der Waals surface area contributed by atoms with Crippen molar-refractivity contribution in [3.63, 3.8) is 0 Å². The molecule has 4 nitrogen and oxygen atoms in total. The van der Waals surface area contributed by atoms with Crippen LogP contribution in [0.15, 0.2) is 24.3 Å². The van der Waals surface area contributed by atoms with Gasteiger partial charge in [0, 0.05) is 6.07 Å². The van der Waals surface area contributed by atoms with Crippen LogP contribution >= 0.6 is 0 Å². The van der Waals surface area contributed by atoms with E-state index < -0.39 is 16.6 Å². The molecule has 0 radical (unpaired) electrons. The number of hydrogen-bond donors (Lipinski definition) is 1. The van der Waals surface area contributed by atoms with Gasteiger partial charge in [-0.3, -0.25) is 10.1 Å². The van der Waals surface area contributed by atoms with E-state index in [1.807, 2.05) is 0 Å². The molecule has 0 amide bonds. The van der Waals surface area contributed by atoms with Crippen molar-refractivity contribution in [3.8, 4) is 0 Å². The summed E-state index contributed by atoms with van der Waals surface area (Å²) in [4.78, 5) is 9.96. The van der Waals surface area contributed by atoms with Gasteiger partial charge in [0.2, 0.25) is 0 Å². The van der Waals surface area contributed by atoms with Crippen molar-refractivity contribution in [2.75, 3.05) is 5.32 Å². The molecule has 1 saturated carbocycles. The van der Waals surface area contributed by atoms with E-state index in [4.69, 9.17) is 0 Å². The van der Waals surface area contributed by atoms with Gasteiger partial charge in [-0.05, 0) is 18.9 Å². The molecule has 0 aromatic heterocycles. The minimum absolute atomic E-state index is 0.0530. The summed E-state index contributed by atoms with van der Waals surface area (Å²) < 4.78 is 38.0. The smallest absolute Gasteiger partial charge is 0.366 e. The Morgan fingerprint density at radius 1 is 1.29 bits per heavy atom. The molecule has 1 aromatic rings. The minimum atomic E-state index is -4.39. The molecule has 0 heterocycles. The summed E-state index contributed by atoms with van der Waals surface area (Å²) in [7, 11) is 0. The molecule has 0 atom stereocenters. The first-order valence-corrected chi connectivity index (χ1v) is 4.94. The third kappa shape index (κ3) is 2.04. The lowest BCUT2D eigenvalue weighted by molar-refractivity contribution is -0.384. The van der Waals surface area contributed by atoms with Crippen LogP contribution in [0.3, 0.4) is 0 Å². The van der Waals surface area contributed by atoms with Crippen LogP contribution in [0.5, 0.6) is 0 Å². The Labute approximate surface area is 94.6 Å². The van der Waals surface area contributed by atoms with E-state index in [-0.39, 0.29) is 24.2 Å². The molecule has 17 heavy (non-hydrogen) atoms. The van der Waals surface area contributed by atoms with Crippen LogP contribution in [0.25, 0.3) is 0 Å². The van der Waals surface area contributed by atoms with Crippen LogP contribution in [-0.4, -0.2) is 16.6 Å². The van der Waals surface area contributed by atoms with E-state index in [9.17, 15) is 23.3 Å². The third-order valence-corrected chi connectivity index (χ3v) is 2.77. The second-order valence-electron chi connectivity index (χ2n) is 3.98. The van der Waals surface area contributed by atoms with Crippen LogP contribution < -0.4 is 5.32 Å². The number of nitro groups is 1. The molecule has 0 saturated heterocycles. The van der Waals surface area contributed by atoms with Crippen molar-refractivity contribution in [1.29, 1.82) is 0 Å². The van der Waals surface area contributed by atoms with Gasteiger partial charge in [-0.1, -0.05) is 12.1 Å². The number of nitrogens with one attached hydrogen (secondary N) is 1. The van der Waals surface area contributed by atoms with E-state index in [1.165, 1.54) is 24.3 Å². The summed E-state index contributed by atoms with van der Waals surface area (Å²) in [6.07, 6.45) is -4.50. The quantitative estimate of drug-likeness (QED) is 0.658. The molecule has 0 unspecified atom stereocenters. The van der Waals surface area contributed by atoms with Gasteiger partial charge in [-0.25, -0.2) is 0 Å². The highest BCUT2D eigenvalue weighted by molar-refractivity contribution is 5.63. The van der Waals surface area contributed by atoms with Crippen molar-refractivity contribution < 1.29 is 18.1 Å². The molecule has 7 heteroatoms. The number of nitrogens with zero attached hydrogens (tertiary/aromatic N) is 1. The van der Waals surface area contributed by atoms with Gasteiger partial charge in [-0.2, -0.15) is 13.2 Å².